The van der Waals surface area contributed by atoms with E-state index in [2.05, 4.69) is 43.8 Å². The maximum absolute atomic E-state index is 13.2. The van der Waals surface area contributed by atoms with E-state index in [1.54, 1.807) is 36.4 Å². The molecule has 0 aliphatic carbocycles. The Labute approximate surface area is 230 Å². The van der Waals surface area contributed by atoms with Gasteiger partial charge in [0.15, 0.2) is 11.5 Å². The molecule has 7 nitrogen and oxygen atoms in total. The van der Waals surface area contributed by atoms with Crippen LogP contribution in [0, 0.1) is 10.5 Å². The first-order valence-electron chi connectivity index (χ1n) is 11.1. The molecular weight excluding hydrogens is 639 g/mol. The van der Waals surface area contributed by atoms with Gasteiger partial charge in [-0.2, -0.15) is 0 Å². The Hall–Kier alpha value is -3.18. The summed E-state index contributed by atoms with van der Waals surface area (Å²) in [6.45, 7) is 4.50. The predicted octanol–water partition coefficient (Wildman–Crippen LogP) is 6.01. The zero-order valence-electron chi connectivity index (χ0n) is 19.5. The summed E-state index contributed by atoms with van der Waals surface area (Å²) in [5.74, 6) is -0.498. The van der Waals surface area contributed by atoms with Crippen molar-refractivity contribution in [2.45, 2.75) is 20.5 Å². The van der Waals surface area contributed by atoms with Crippen molar-refractivity contribution in [3.05, 3.63) is 91.0 Å². The monoisotopic (exact) mass is 660 g/mol. The van der Waals surface area contributed by atoms with E-state index in [9.17, 15) is 14.4 Å². The first-order chi connectivity index (χ1) is 17.3. The van der Waals surface area contributed by atoms with E-state index in [0.29, 0.717) is 40.4 Å². The summed E-state index contributed by atoms with van der Waals surface area (Å²) in [5, 5.41) is 2.24. The highest BCUT2D eigenvalue weighted by Gasteiger charge is 2.37. The summed E-state index contributed by atoms with van der Waals surface area (Å²) < 4.78 is 13.5. The Kier molecular flexibility index (Phi) is 8.10. The van der Waals surface area contributed by atoms with Crippen molar-refractivity contribution in [1.82, 2.24) is 5.32 Å². The van der Waals surface area contributed by atoms with Crippen LogP contribution in [-0.2, 0) is 16.2 Å². The molecule has 1 N–H and O–H groups in total. The number of imide groups is 2. The Balaban J connectivity index is 1.65. The first-order valence-corrected chi connectivity index (χ1v) is 13.0. The number of halogens is 2. The Morgan fingerprint density at radius 1 is 0.972 bits per heavy atom. The predicted molar refractivity (Wildman–Crippen MR) is 149 cm³/mol. The van der Waals surface area contributed by atoms with Gasteiger partial charge >= 0.3 is 6.03 Å². The normalized spacial score (nSPS) is 14.7. The lowest BCUT2D eigenvalue weighted by molar-refractivity contribution is -0.122. The number of hydrogen-bond acceptors (Lipinski definition) is 5. The van der Waals surface area contributed by atoms with Crippen LogP contribution in [-0.4, -0.2) is 24.5 Å². The van der Waals surface area contributed by atoms with Gasteiger partial charge in [0.1, 0.15) is 12.2 Å². The molecule has 1 aliphatic heterocycles. The lowest BCUT2D eigenvalue weighted by Crippen LogP contribution is -2.54. The lowest BCUT2D eigenvalue weighted by atomic mass is 10.1. The third kappa shape index (κ3) is 5.79. The van der Waals surface area contributed by atoms with Crippen LogP contribution < -0.4 is 19.7 Å². The molecule has 0 unspecified atom stereocenters. The van der Waals surface area contributed by atoms with Gasteiger partial charge in [0.05, 0.1) is 12.3 Å². The van der Waals surface area contributed by atoms with Crippen LogP contribution in [0.5, 0.6) is 11.5 Å². The van der Waals surface area contributed by atoms with Crippen LogP contribution in [0.25, 0.3) is 6.08 Å². The Bertz CT molecular complexity index is 1350. The number of benzene rings is 3. The molecule has 4 rings (SSSR count). The molecule has 4 amide bonds. The smallest absolute Gasteiger partial charge is 0.335 e. The van der Waals surface area contributed by atoms with Crippen LogP contribution in [0.3, 0.4) is 0 Å². The third-order valence-corrected chi connectivity index (χ3v) is 6.77. The molecule has 36 heavy (non-hydrogen) atoms. The molecule has 1 heterocycles. The second-order valence-electron chi connectivity index (χ2n) is 7.96. The van der Waals surface area contributed by atoms with Crippen molar-refractivity contribution >= 4 is 68.1 Å². The van der Waals surface area contributed by atoms with Gasteiger partial charge < -0.3 is 9.47 Å². The zero-order chi connectivity index (χ0) is 25.8. The summed E-state index contributed by atoms with van der Waals surface area (Å²) >= 11 is 5.76. The molecule has 3 aromatic carbocycles. The number of rotatable bonds is 7. The van der Waals surface area contributed by atoms with Crippen molar-refractivity contribution in [3.8, 4) is 11.5 Å². The van der Waals surface area contributed by atoms with E-state index in [1.165, 1.54) is 6.08 Å². The second-order valence-corrected chi connectivity index (χ2v) is 10.1. The molecule has 184 valence electrons. The third-order valence-electron chi connectivity index (χ3n) is 5.36. The van der Waals surface area contributed by atoms with Crippen LogP contribution in [0.1, 0.15) is 23.6 Å². The average Bonchev–Trinajstić information content (AvgIpc) is 2.84. The minimum Gasteiger partial charge on any atom is -0.490 e. The number of carbonyl (C=O) groups excluding carboxylic acids is 3. The van der Waals surface area contributed by atoms with Crippen LogP contribution in [0.15, 0.2) is 70.7 Å². The minimum absolute atomic E-state index is 0.175. The minimum atomic E-state index is -0.792. The molecule has 0 spiro atoms. The van der Waals surface area contributed by atoms with Gasteiger partial charge in [-0.3, -0.25) is 14.9 Å². The largest absolute Gasteiger partial charge is 0.490 e. The lowest BCUT2D eigenvalue weighted by Gasteiger charge is -2.26. The van der Waals surface area contributed by atoms with Gasteiger partial charge in [0.2, 0.25) is 0 Å². The fourth-order valence-electron chi connectivity index (χ4n) is 3.53. The SMILES string of the molecule is CCOc1cc(/C=C2\C(=O)NC(=O)N(c3ccc(C)cc3)C2=O)c(Br)cc1OCc1ccc(I)cc1. The van der Waals surface area contributed by atoms with Crippen molar-refractivity contribution in [2.24, 2.45) is 0 Å². The maximum Gasteiger partial charge on any atom is 0.335 e. The average molecular weight is 661 g/mol. The summed E-state index contributed by atoms with van der Waals surface area (Å²) in [6.07, 6.45) is 1.43. The molecule has 0 aromatic heterocycles. The molecule has 1 aliphatic rings. The number of ether oxygens (including phenoxy) is 2. The number of carbonyl (C=O) groups is 3. The molecule has 1 fully saturated rings. The molecule has 1 saturated heterocycles. The van der Waals surface area contributed by atoms with Crippen molar-refractivity contribution in [1.29, 1.82) is 0 Å². The number of nitrogens with one attached hydrogen (secondary N) is 1. The van der Waals surface area contributed by atoms with E-state index in [4.69, 9.17) is 9.47 Å². The van der Waals surface area contributed by atoms with Crippen LogP contribution in [0.2, 0.25) is 0 Å². The molecule has 0 bridgehead atoms. The summed E-state index contributed by atoms with van der Waals surface area (Å²) in [6, 6.07) is 17.5. The van der Waals surface area contributed by atoms with Crippen LogP contribution in [0.4, 0.5) is 10.5 Å². The number of aryl methyl sites for hydroxylation is 1. The highest BCUT2D eigenvalue weighted by Crippen LogP contribution is 2.36. The van der Waals surface area contributed by atoms with Crippen LogP contribution >= 0.6 is 38.5 Å². The first kappa shape index (κ1) is 25.9. The van der Waals surface area contributed by atoms with Gasteiger partial charge in [-0.1, -0.05) is 45.8 Å². The number of urea groups is 1. The Morgan fingerprint density at radius 2 is 1.64 bits per heavy atom. The highest BCUT2D eigenvalue weighted by molar-refractivity contribution is 14.1. The number of nitrogens with zero attached hydrogens (tertiary/aromatic N) is 1. The summed E-state index contributed by atoms with van der Waals surface area (Å²) in [7, 11) is 0. The van der Waals surface area contributed by atoms with Gasteiger partial charge in [-0.05, 0) is 90.0 Å². The fraction of sp³-hybridized carbons (Fsp3) is 0.148. The second kappa shape index (κ2) is 11.3. The topological polar surface area (TPSA) is 84.9 Å². The number of barbiturate groups is 1. The van der Waals surface area contributed by atoms with Gasteiger partial charge in [-0.15, -0.1) is 0 Å². The van der Waals surface area contributed by atoms with E-state index in [1.807, 2.05) is 38.1 Å². The maximum atomic E-state index is 13.2. The highest BCUT2D eigenvalue weighted by atomic mass is 127. The van der Waals surface area contributed by atoms with E-state index >= 15 is 0 Å². The number of anilines is 1. The molecule has 0 radical (unpaired) electrons. The van der Waals surface area contributed by atoms with E-state index in [0.717, 1.165) is 19.6 Å². The number of hydrogen-bond donors (Lipinski definition) is 1. The van der Waals surface area contributed by atoms with Crippen molar-refractivity contribution < 1.29 is 23.9 Å². The quantitative estimate of drug-likeness (QED) is 0.191. The van der Waals surface area contributed by atoms with Crippen molar-refractivity contribution in [3.63, 3.8) is 0 Å². The van der Waals surface area contributed by atoms with E-state index < -0.39 is 17.8 Å². The molecule has 3 aromatic rings. The zero-order valence-corrected chi connectivity index (χ0v) is 23.3. The molecular formula is C27H22BrIN2O5. The van der Waals surface area contributed by atoms with Gasteiger partial charge in [-0.25, -0.2) is 9.69 Å². The van der Waals surface area contributed by atoms with Crippen molar-refractivity contribution in [2.75, 3.05) is 11.5 Å². The summed E-state index contributed by atoms with van der Waals surface area (Å²) in [5.41, 5.74) is 2.70. The Morgan fingerprint density at radius 3 is 2.31 bits per heavy atom. The van der Waals surface area contributed by atoms with Gasteiger partial charge in [0, 0.05) is 8.04 Å². The molecule has 0 saturated carbocycles. The fourth-order valence-corrected chi connectivity index (χ4v) is 4.32. The summed E-state index contributed by atoms with van der Waals surface area (Å²) in [4.78, 5) is 39.2. The van der Waals surface area contributed by atoms with E-state index in [-0.39, 0.29) is 5.57 Å². The van der Waals surface area contributed by atoms with Gasteiger partial charge in [0.25, 0.3) is 11.8 Å². The molecule has 0 atom stereocenters. The standard InChI is InChI=1S/C27H22BrIN2O5/c1-3-35-23-13-18(22(28)14-24(23)36-15-17-6-8-19(29)9-7-17)12-21-25(32)30-27(34)31(26(21)33)20-10-4-16(2)5-11-20/h4-14H,3,15H2,1-2H3,(H,30,32,34)/b21-12+. The molecule has 9 heteroatoms. The number of amides is 4.